The number of nitrogens with zero attached hydrogens (tertiary/aromatic N) is 1. The average Bonchev–Trinajstić information content (AvgIpc) is 2.60. The fraction of sp³-hybridized carbons (Fsp3) is 0.273. The second-order valence-electron chi connectivity index (χ2n) is 3.98. The van der Waals surface area contributed by atoms with Crippen LogP contribution in [0, 0.1) is 0 Å². The zero-order valence-electron chi connectivity index (χ0n) is 8.88. The molecule has 3 nitrogen and oxygen atoms in total. The van der Waals surface area contributed by atoms with Gasteiger partial charge >= 0.3 is 7.12 Å². The van der Waals surface area contributed by atoms with E-state index in [-0.39, 0.29) is 0 Å². The fourth-order valence-electron chi connectivity index (χ4n) is 1.89. The van der Waals surface area contributed by atoms with Gasteiger partial charge in [-0.25, -0.2) is 0 Å². The summed E-state index contributed by atoms with van der Waals surface area (Å²) >= 11 is 0. The molecule has 2 N–H and O–H groups in total. The lowest BCUT2D eigenvalue weighted by atomic mass is 9.79. The van der Waals surface area contributed by atoms with E-state index in [0.29, 0.717) is 11.5 Å². The molecule has 0 atom stereocenters. The monoisotopic (exact) mass is 203 g/mol. The molecule has 0 unspecified atom stereocenters. The van der Waals surface area contributed by atoms with Crippen LogP contribution in [0.2, 0.25) is 0 Å². The van der Waals surface area contributed by atoms with Gasteiger partial charge in [0.2, 0.25) is 0 Å². The molecule has 0 saturated carbocycles. The molecule has 0 radical (unpaired) electrons. The normalized spacial score (nSPS) is 11.3. The first-order valence-corrected chi connectivity index (χ1v) is 5.07. The summed E-state index contributed by atoms with van der Waals surface area (Å²) in [6, 6.07) is 7.84. The van der Waals surface area contributed by atoms with Crippen molar-refractivity contribution in [1.29, 1.82) is 0 Å². The lowest BCUT2D eigenvalue weighted by Crippen LogP contribution is -2.31. The Balaban J connectivity index is 2.75. The van der Waals surface area contributed by atoms with Gasteiger partial charge in [-0.1, -0.05) is 18.2 Å². The quantitative estimate of drug-likeness (QED) is 0.712. The minimum atomic E-state index is -1.42. The van der Waals surface area contributed by atoms with Crippen molar-refractivity contribution in [1.82, 2.24) is 4.57 Å². The summed E-state index contributed by atoms with van der Waals surface area (Å²) in [5.41, 5.74) is 1.47. The maximum atomic E-state index is 9.29. The Labute approximate surface area is 89.1 Å². The summed E-state index contributed by atoms with van der Waals surface area (Å²) in [6.45, 7) is 4.14. The van der Waals surface area contributed by atoms with E-state index in [1.807, 2.05) is 29.0 Å². The summed E-state index contributed by atoms with van der Waals surface area (Å²) in [7, 11) is -1.42. The summed E-state index contributed by atoms with van der Waals surface area (Å²) < 4.78 is 2.05. The molecule has 0 bridgehead atoms. The van der Waals surface area contributed by atoms with Crippen molar-refractivity contribution in [2.45, 2.75) is 19.9 Å². The molecule has 0 fully saturated rings. The van der Waals surface area contributed by atoms with Crippen LogP contribution >= 0.6 is 0 Å². The molecule has 78 valence electrons. The fourth-order valence-corrected chi connectivity index (χ4v) is 1.89. The average molecular weight is 203 g/mol. The summed E-state index contributed by atoms with van der Waals surface area (Å²) in [5, 5.41) is 19.6. The highest BCUT2D eigenvalue weighted by atomic mass is 16.4. The molecule has 0 aliphatic carbocycles. The van der Waals surface area contributed by atoms with Gasteiger partial charge in [0.15, 0.2) is 0 Å². The van der Waals surface area contributed by atoms with Crippen molar-refractivity contribution in [3.05, 3.63) is 30.5 Å². The van der Waals surface area contributed by atoms with E-state index in [1.165, 1.54) is 0 Å². The Morgan fingerprint density at radius 3 is 2.53 bits per heavy atom. The summed E-state index contributed by atoms with van der Waals surface area (Å²) in [4.78, 5) is 0. The van der Waals surface area contributed by atoms with Crippen LogP contribution in [0.3, 0.4) is 0 Å². The zero-order valence-corrected chi connectivity index (χ0v) is 8.88. The highest BCUT2D eigenvalue weighted by Crippen LogP contribution is 2.18. The topological polar surface area (TPSA) is 45.4 Å². The van der Waals surface area contributed by atoms with Crippen LogP contribution in [0.1, 0.15) is 19.9 Å². The molecule has 4 heteroatoms. The van der Waals surface area contributed by atoms with E-state index in [4.69, 9.17) is 0 Å². The molecule has 0 spiro atoms. The molecule has 0 aliphatic rings. The van der Waals surface area contributed by atoms with Crippen LogP contribution in [-0.2, 0) is 0 Å². The maximum Gasteiger partial charge on any atom is 0.490 e. The Bertz CT molecular complexity index is 476. The number of aromatic nitrogens is 1. The largest absolute Gasteiger partial charge is 0.490 e. The van der Waals surface area contributed by atoms with E-state index in [0.717, 1.165) is 10.9 Å². The molecule has 0 saturated heterocycles. The maximum absolute atomic E-state index is 9.29. The first-order chi connectivity index (χ1) is 7.11. The predicted octanol–water partition coefficient (Wildman–Crippen LogP) is 0.902. The molecule has 1 aromatic heterocycles. The minimum absolute atomic E-state index is 0.308. The Morgan fingerprint density at radius 2 is 1.93 bits per heavy atom. The van der Waals surface area contributed by atoms with Crippen molar-refractivity contribution >= 4 is 23.5 Å². The third kappa shape index (κ3) is 1.66. The van der Waals surface area contributed by atoms with Crippen molar-refractivity contribution in [3.63, 3.8) is 0 Å². The molecule has 0 aliphatic heterocycles. The molecule has 15 heavy (non-hydrogen) atoms. The Hall–Kier alpha value is -1.26. The van der Waals surface area contributed by atoms with Crippen LogP contribution in [0.5, 0.6) is 0 Å². The molecular weight excluding hydrogens is 189 g/mol. The van der Waals surface area contributed by atoms with Gasteiger partial charge in [-0.15, -0.1) is 0 Å². The number of fused-ring (bicyclic) bond motifs is 1. The van der Waals surface area contributed by atoms with Crippen molar-refractivity contribution in [2.75, 3.05) is 0 Å². The predicted molar refractivity (Wildman–Crippen MR) is 62.1 cm³/mol. The highest BCUT2D eigenvalue weighted by molar-refractivity contribution is 6.61. The zero-order chi connectivity index (χ0) is 11.0. The Morgan fingerprint density at radius 1 is 1.20 bits per heavy atom. The third-order valence-electron chi connectivity index (χ3n) is 2.61. The van der Waals surface area contributed by atoms with E-state index < -0.39 is 7.12 Å². The van der Waals surface area contributed by atoms with Crippen molar-refractivity contribution in [2.24, 2.45) is 0 Å². The van der Waals surface area contributed by atoms with Crippen LogP contribution in [-0.4, -0.2) is 21.7 Å². The number of benzene rings is 1. The SMILES string of the molecule is CC(C)n1ccc2cccc(B(O)O)c21. The number of hydrogen-bond donors (Lipinski definition) is 2. The van der Waals surface area contributed by atoms with E-state index in [9.17, 15) is 10.0 Å². The van der Waals surface area contributed by atoms with Gasteiger partial charge < -0.3 is 14.6 Å². The highest BCUT2D eigenvalue weighted by Gasteiger charge is 2.17. The van der Waals surface area contributed by atoms with Crippen LogP contribution < -0.4 is 5.46 Å². The third-order valence-corrected chi connectivity index (χ3v) is 2.61. The van der Waals surface area contributed by atoms with Gasteiger partial charge in [-0.2, -0.15) is 0 Å². The summed E-state index contributed by atoms with van der Waals surface area (Å²) in [6.07, 6.45) is 1.97. The summed E-state index contributed by atoms with van der Waals surface area (Å²) in [5.74, 6) is 0. The molecule has 1 heterocycles. The van der Waals surface area contributed by atoms with E-state index in [2.05, 4.69) is 13.8 Å². The second kappa shape index (κ2) is 3.72. The van der Waals surface area contributed by atoms with Gasteiger partial charge in [0.25, 0.3) is 0 Å². The number of rotatable bonds is 2. The second-order valence-corrected chi connectivity index (χ2v) is 3.98. The Kier molecular flexibility index (Phi) is 2.55. The molecular formula is C11H14BNO2. The van der Waals surface area contributed by atoms with E-state index >= 15 is 0 Å². The van der Waals surface area contributed by atoms with Crippen LogP contribution in [0.4, 0.5) is 0 Å². The molecule has 1 aromatic carbocycles. The van der Waals surface area contributed by atoms with Gasteiger partial charge in [0.1, 0.15) is 0 Å². The first-order valence-electron chi connectivity index (χ1n) is 5.07. The molecule has 0 amide bonds. The van der Waals surface area contributed by atoms with Gasteiger partial charge in [-0.05, 0) is 25.3 Å². The van der Waals surface area contributed by atoms with Gasteiger partial charge in [0, 0.05) is 23.2 Å². The lowest BCUT2D eigenvalue weighted by molar-refractivity contribution is 0.426. The van der Waals surface area contributed by atoms with Crippen LogP contribution in [0.25, 0.3) is 10.9 Å². The van der Waals surface area contributed by atoms with Gasteiger partial charge in [0.05, 0.1) is 0 Å². The van der Waals surface area contributed by atoms with Gasteiger partial charge in [-0.3, -0.25) is 0 Å². The lowest BCUT2D eigenvalue weighted by Gasteiger charge is -2.12. The molecule has 2 rings (SSSR count). The van der Waals surface area contributed by atoms with E-state index in [1.54, 1.807) is 6.07 Å². The van der Waals surface area contributed by atoms with Crippen molar-refractivity contribution < 1.29 is 10.0 Å². The standard InChI is InChI=1S/C11H14BNO2/c1-8(2)13-7-6-9-4-3-5-10(11(9)13)12(14)15/h3-8,14-15H,1-2H3. The smallest absolute Gasteiger partial charge is 0.423 e. The molecule has 2 aromatic rings. The van der Waals surface area contributed by atoms with Crippen molar-refractivity contribution in [3.8, 4) is 0 Å². The minimum Gasteiger partial charge on any atom is -0.423 e. The van der Waals surface area contributed by atoms with Crippen LogP contribution in [0.15, 0.2) is 30.5 Å². The number of hydrogen-bond acceptors (Lipinski definition) is 2. The first kappa shape index (κ1) is 10.3. The number of para-hydroxylation sites is 1.